The van der Waals surface area contributed by atoms with Crippen molar-refractivity contribution in [2.45, 2.75) is 9.79 Å². The molecule has 3 rings (SSSR count). The first kappa shape index (κ1) is 24.7. The molecule has 0 aliphatic heterocycles. The van der Waals surface area contributed by atoms with Crippen LogP contribution in [0.15, 0.2) is 70.5 Å². The summed E-state index contributed by atoms with van der Waals surface area (Å²) in [4.78, 5) is 12.6. The zero-order valence-corrected chi connectivity index (χ0v) is 20.1. The average Bonchev–Trinajstić information content (AvgIpc) is 2.87. The molecule has 0 aromatic heterocycles. The molecular weight excluding hydrogens is 460 g/mol. The molecule has 3 aromatic rings. The summed E-state index contributed by atoms with van der Waals surface area (Å²) in [6.45, 7) is -0.177. The van der Waals surface area contributed by atoms with Crippen LogP contribution in [0.3, 0.4) is 0 Å². The van der Waals surface area contributed by atoms with E-state index in [1.807, 2.05) is 0 Å². The number of hydrogen-bond donors (Lipinski definition) is 2. The third-order valence-electron chi connectivity index (χ3n) is 4.93. The molecule has 0 saturated heterocycles. The number of carbonyl (C=O) groups is 1. The van der Waals surface area contributed by atoms with E-state index in [1.54, 1.807) is 42.5 Å². The lowest BCUT2D eigenvalue weighted by atomic mass is 10.2. The Kier molecular flexibility index (Phi) is 7.85. The summed E-state index contributed by atoms with van der Waals surface area (Å²) >= 11 is 0. The van der Waals surface area contributed by atoms with Gasteiger partial charge in [-0.2, -0.15) is 0 Å². The number of ether oxygens (including phenoxy) is 4. The molecule has 2 N–H and O–H groups in total. The number of carbonyl (C=O) groups excluding carboxylic acids is 1. The largest absolute Gasteiger partial charge is 0.497 e. The zero-order chi connectivity index (χ0) is 24.7. The fourth-order valence-electron chi connectivity index (χ4n) is 3.23. The van der Waals surface area contributed by atoms with Crippen molar-refractivity contribution in [2.24, 2.45) is 0 Å². The summed E-state index contributed by atoms with van der Waals surface area (Å²) in [6.07, 6.45) is 0. The molecule has 180 valence electrons. The average molecular weight is 487 g/mol. The van der Waals surface area contributed by atoms with Gasteiger partial charge in [0, 0.05) is 18.2 Å². The Morgan fingerprint density at radius 1 is 0.794 bits per heavy atom. The molecule has 34 heavy (non-hydrogen) atoms. The molecule has 0 saturated carbocycles. The molecule has 9 nitrogen and oxygen atoms in total. The van der Waals surface area contributed by atoms with Gasteiger partial charge in [-0.05, 0) is 24.3 Å². The lowest BCUT2D eigenvalue weighted by molar-refractivity contribution is -0.114. The number of rotatable bonds is 10. The molecule has 3 aromatic carbocycles. The highest BCUT2D eigenvalue weighted by atomic mass is 32.2. The van der Waals surface area contributed by atoms with Crippen LogP contribution in [0.2, 0.25) is 0 Å². The topological polar surface area (TPSA) is 112 Å². The summed E-state index contributed by atoms with van der Waals surface area (Å²) in [7, 11) is 1.89. The predicted octanol–water partition coefficient (Wildman–Crippen LogP) is 3.60. The van der Waals surface area contributed by atoms with E-state index in [-0.39, 0.29) is 39.4 Å². The fraction of sp³-hybridized carbons (Fsp3) is 0.208. The van der Waals surface area contributed by atoms with E-state index in [4.69, 9.17) is 18.9 Å². The highest BCUT2D eigenvalue weighted by molar-refractivity contribution is 7.91. The third-order valence-corrected chi connectivity index (χ3v) is 6.71. The van der Waals surface area contributed by atoms with Gasteiger partial charge in [-0.1, -0.05) is 18.2 Å². The Labute approximate surface area is 198 Å². The van der Waals surface area contributed by atoms with Crippen molar-refractivity contribution in [3.63, 3.8) is 0 Å². The molecule has 10 heteroatoms. The number of anilines is 2. The van der Waals surface area contributed by atoms with Crippen LogP contribution in [0.5, 0.6) is 23.0 Å². The molecular formula is C24H26N2O7S. The van der Waals surface area contributed by atoms with Crippen molar-refractivity contribution in [3.05, 3.63) is 60.7 Å². The van der Waals surface area contributed by atoms with E-state index in [9.17, 15) is 13.2 Å². The van der Waals surface area contributed by atoms with Crippen molar-refractivity contribution in [2.75, 3.05) is 45.6 Å². The Morgan fingerprint density at radius 3 is 2.12 bits per heavy atom. The smallest absolute Gasteiger partial charge is 0.243 e. The molecule has 0 aliphatic rings. The monoisotopic (exact) mass is 486 g/mol. The highest BCUT2D eigenvalue weighted by Crippen LogP contribution is 2.39. The first-order valence-electron chi connectivity index (χ1n) is 10.2. The normalized spacial score (nSPS) is 10.8. The van der Waals surface area contributed by atoms with Crippen molar-refractivity contribution >= 4 is 27.1 Å². The molecule has 0 fully saturated rings. The molecule has 0 atom stereocenters. The summed E-state index contributed by atoms with van der Waals surface area (Å²) in [5.41, 5.74) is 0.744. The minimum Gasteiger partial charge on any atom is -0.497 e. The molecule has 0 heterocycles. The molecule has 1 amide bonds. The summed E-state index contributed by atoms with van der Waals surface area (Å²) in [5, 5.41) is 5.68. The third kappa shape index (κ3) is 5.34. The van der Waals surface area contributed by atoms with Gasteiger partial charge in [0.2, 0.25) is 15.7 Å². The molecule has 0 aliphatic carbocycles. The lowest BCUT2D eigenvalue weighted by Crippen LogP contribution is -2.22. The van der Waals surface area contributed by atoms with Gasteiger partial charge in [-0.25, -0.2) is 8.42 Å². The Balaban J connectivity index is 1.88. The first-order chi connectivity index (χ1) is 16.3. The van der Waals surface area contributed by atoms with Gasteiger partial charge in [0.25, 0.3) is 0 Å². The van der Waals surface area contributed by atoms with Gasteiger partial charge in [0.1, 0.15) is 22.1 Å². The molecule has 0 bridgehead atoms. The Hall–Kier alpha value is -3.92. The summed E-state index contributed by atoms with van der Waals surface area (Å²) in [6, 6.07) is 15.9. The van der Waals surface area contributed by atoms with Crippen molar-refractivity contribution in [3.8, 4) is 23.0 Å². The standard InChI is InChI=1S/C24H26N2O7S/c1-30-16-10-11-19(21(13-16)32-3)26-23(27)15-25-20-12-17(31-2)14-22(24(20)33-4)34(28,29)18-8-6-5-7-9-18/h5-14,25H,15H2,1-4H3,(H,26,27). The number of sulfone groups is 1. The van der Waals surface area contributed by atoms with Crippen LogP contribution in [-0.2, 0) is 14.6 Å². The Bertz CT molecular complexity index is 1260. The number of benzene rings is 3. The van der Waals surface area contributed by atoms with Crippen LogP contribution in [0.4, 0.5) is 11.4 Å². The van der Waals surface area contributed by atoms with Crippen LogP contribution in [0, 0.1) is 0 Å². The van der Waals surface area contributed by atoms with E-state index < -0.39 is 9.84 Å². The van der Waals surface area contributed by atoms with Gasteiger partial charge < -0.3 is 29.6 Å². The van der Waals surface area contributed by atoms with Crippen LogP contribution in [-0.4, -0.2) is 49.3 Å². The van der Waals surface area contributed by atoms with Crippen LogP contribution >= 0.6 is 0 Å². The summed E-state index contributed by atoms with van der Waals surface area (Å²) in [5.74, 6) is 0.986. The number of nitrogens with one attached hydrogen (secondary N) is 2. The van der Waals surface area contributed by atoms with Crippen molar-refractivity contribution in [1.29, 1.82) is 0 Å². The Morgan fingerprint density at radius 2 is 1.50 bits per heavy atom. The quantitative estimate of drug-likeness (QED) is 0.447. The van der Waals surface area contributed by atoms with Gasteiger partial charge >= 0.3 is 0 Å². The van der Waals surface area contributed by atoms with E-state index in [2.05, 4.69) is 10.6 Å². The van der Waals surface area contributed by atoms with Gasteiger partial charge in [0.15, 0.2) is 5.75 Å². The predicted molar refractivity (Wildman–Crippen MR) is 128 cm³/mol. The first-order valence-corrected chi connectivity index (χ1v) is 11.6. The van der Waals surface area contributed by atoms with E-state index in [1.165, 1.54) is 46.6 Å². The van der Waals surface area contributed by atoms with Crippen LogP contribution in [0.25, 0.3) is 0 Å². The number of amides is 1. The maximum atomic E-state index is 13.3. The second kappa shape index (κ2) is 10.8. The van der Waals surface area contributed by atoms with Crippen molar-refractivity contribution < 1.29 is 32.2 Å². The molecule has 0 spiro atoms. The maximum absolute atomic E-state index is 13.3. The van der Waals surface area contributed by atoms with Gasteiger partial charge in [-0.15, -0.1) is 0 Å². The maximum Gasteiger partial charge on any atom is 0.243 e. The van der Waals surface area contributed by atoms with E-state index in [0.29, 0.717) is 17.2 Å². The lowest BCUT2D eigenvalue weighted by Gasteiger charge is -2.17. The minimum absolute atomic E-state index is 0.0690. The molecule has 0 radical (unpaired) electrons. The molecule has 0 unspecified atom stereocenters. The van der Waals surface area contributed by atoms with E-state index >= 15 is 0 Å². The minimum atomic E-state index is -3.91. The summed E-state index contributed by atoms with van der Waals surface area (Å²) < 4.78 is 47.7. The van der Waals surface area contributed by atoms with Crippen LogP contribution in [0.1, 0.15) is 0 Å². The highest BCUT2D eigenvalue weighted by Gasteiger charge is 2.26. The fourth-order valence-corrected chi connectivity index (χ4v) is 4.71. The van der Waals surface area contributed by atoms with Crippen molar-refractivity contribution in [1.82, 2.24) is 0 Å². The second-order valence-electron chi connectivity index (χ2n) is 6.99. The number of methoxy groups -OCH3 is 4. The number of hydrogen-bond acceptors (Lipinski definition) is 8. The van der Waals surface area contributed by atoms with Crippen LogP contribution < -0.4 is 29.6 Å². The zero-order valence-electron chi connectivity index (χ0n) is 19.2. The van der Waals surface area contributed by atoms with E-state index in [0.717, 1.165) is 0 Å². The second-order valence-corrected chi connectivity index (χ2v) is 8.91. The van der Waals surface area contributed by atoms with Gasteiger partial charge in [-0.3, -0.25) is 4.79 Å². The van der Waals surface area contributed by atoms with Gasteiger partial charge in [0.05, 0.1) is 51.3 Å². The SMILES string of the molecule is COc1ccc(NC(=O)CNc2cc(OC)cc(S(=O)(=O)c3ccccc3)c2OC)c(OC)c1.